The lowest BCUT2D eigenvalue weighted by molar-refractivity contribution is 0.957. The number of imidazole rings is 1. The second-order valence-corrected chi connectivity index (χ2v) is 4.46. The van der Waals surface area contributed by atoms with Crippen LogP contribution >= 0.6 is 0 Å². The van der Waals surface area contributed by atoms with Crippen molar-refractivity contribution in [2.45, 2.75) is 6.92 Å². The van der Waals surface area contributed by atoms with Crippen molar-refractivity contribution in [2.75, 3.05) is 5.73 Å². The lowest BCUT2D eigenvalue weighted by atomic mass is 10.2. The lowest BCUT2D eigenvalue weighted by Crippen LogP contribution is -1.94. The fourth-order valence-corrected chi connectivity index (χ4v) is 2.11. The maximum absolute atomic E-state index is 5.60. The zero-order chi connectivity index (χ0) is 12.7. The van der Waals surface area contributed by atoms with E-state index in [0.717, 1.165) is 22.4 Å². The van der Waals surface area contributed by atoms with Gasteiger partial charge in [-0.3, -0.25) is 0 Å². The smallest absolute Gasteiger partial charge is 0.142 e. The fourth-order valence-electron chi connectivity index (χ4n) is 2.11. The molecule has 2 N–H and O–H groups in total. The molecule has 18 heavy (non-hydrogen) atoms. The SMILES string of the molecule is Cc1ccc2c(c1)nc(-c1ccc(N)nc1)n2C. The molecule has 4 heteroatoms. The number of aryl methyl sites for hydroxylation is 2. The van der Waals surface area contributed by atoms with Crippen molar-refractivity contribution >= 4 is 16.9 Å². The van der Waals surface area contributed by atoms with E-state index in [9.17, 15) is 0 Å². The minimum atomic E-state index is 0.522. The third-order valence-electron chi connectivity index (χ3n) is 3.08. The number of nitrogens with zero attached hydrogens (tertiary/aromatic N) is 3. The van der Waals surface area contributed by atoms with Crippen LogP contribution in [0.5, 0.6) is 0 Å². The van der Waals surface area contributed by atoms with Crippen LogP contribution in [0.4, 0.5) is 5.82 Å². The summed E-state index contributed by atoms with van der Waals surface area (Å²) in [6, 6.07) is 10.0. The third-order valence-corrected chi connectivity index (χ3v) is 3.08. The Morgan fingerprint density at radius 2 is 2.00 bits per heavy atom. The van der Waals surface area contributed by atoms with Gasteiger partial charge in [-0.2, -0.15) is 0 Å². The fraction of sp³-hybridized carbons (Fsp3) is 0.143. The molecule has 3 rings (SSSR count). The Labute approximate surface area is 105 Å². The van der Waals surface area contributed by atoms with E-state index in [4.69, 9.17) is 5.73 Å². The molecule has 0 aliphatic heterocycles. The van der Waals surface area contributed by atoms with Crippen molar-refractivity contribution in [3.8, 4) is 11.4 Å². The molecule has 0 atom stereocenters. The minimum absolute atomic E-state index is 0.522. The number of anilines is 1. The van der Waals surface area contributed by atoms with Crippen LogP contribution in [-0.2, 0) is 7.05 Å². The van der Waals surface area contributed by atoms with E-state index in [1.54, 1.807) is 12.3 Å². The Kier molecular flexibility index (Phi) is 2.30. The molecular formula is C14H14N4. The third kappa shape index (κ3) is 1.62. The number of hydrogen-bond donors (Lipinski definition) is 1. The molecule has 3 aromatic rings. The zero-order valence-corrected chi connectivity index (χ0v) is 10.4. The molecule has 0 radical (unpaired) electrons. The predicted molar refractivity (Wildman–Crippen MR) is 73.1 cm³/mol. The van der Waals surface area contributed by atoms with Crippen LogP contribution in [-0.4, -0.2) is 14.5 Å². The highest BCUT2D eigenvalue weighted by Crippen LogP contribution is 2.24. The Hall–Kier alpha value is -2.36. The number of nitrogens with two attached hydrogens (primary N) is 1. The highest BCUT2D eigenvalue weighted by atomic mass is 15.1. The van der Waals surface area contributed by atoms with Crippen molar-refractivity contribution in [1.29, 1.82) is 0 Å². The molecule has 0 fully saturated rings. The number of hydrogen-bond acceptors (Lipinski definition) is 3. The lowest BCUT2D eigenvalue weighted by Gasteiger charge is -2.02. The van der Waals surface area contributed by atoms with E-state index in [1.807, 2.05) is 13.1 Å². The van der Waals surface area contributed by atoms with Crippen molar-refractivity contribution in [3.63, 3.8) is 0 Å². The van der Waals surface area contributed by atoms with Crippen molar-refractivity contribution in [1.82, 2.24) is 14.5 Å². The molecule has 0 amide bonds. The average Bonchev–Trinajstić information content (AvgIpc) is 2.67. The van der Waals surface area contributed by atoms with Gasteiger partial charge in [0.25, 0.3) is 0 Å². The van der Waals surface area contributed by atoms with E-state index >= 15 is 0 Å². The van der Waals surface area contributed by atoms with Gasteiger partial charge < -0.3 is 10.3 Å². The van der Waals surface area contributed by atoms with E-state index in [0.29, 0.717) is 5.82 Å². The first-order valence-electron chi connectivity index (χ1n) is 5.80. The molecule has 90 valence electrons. The minimum Gasteiger partial charge on any atom is -0.384 e. The van der Waals surface area contributed by atoms with Gasteiger partial charge in [0.1, 0.15) is 11.6 Å². The maximum atomic E-state index is 5.60. The number of benzene rings is 1. The standard InChI is InChI=1S/C14H14N4/c1-9-3-5-12-11(7-9)17-14(18(12)2)10-4-6-13(15)16-8-10/h3-8H,1-2H3,(H2,15,16). The topological polar surface area (TPSA) is 56.7 Å². The Morgan fingerprint density at radius 1 is 1.17 bits per heavy atom. The van der Waals surface area contributed by atoms with E-state index in [1.165, 1.54) is 5.56 Å². The summed E-state index contributed by atoms with van der Waals surface area (Å²) in [7, 11) is 2.01. The highest BCUT2D eigenvalue weighted by molar-refractivity contribution is 5.81. The molecule has 2 aromatic heterocycles. The Balaban J connectivity index is 2.23. The molecule has 0 aliphatic carbocycles. The van der Waals surface area contributed by atoms with Crippen LogP contribution < -0.4 is 5.73 Å². The second-order valence-electron chi connectivity index (χ2n) is 4.46. The highest BCUT2D eigenvalue weighted by Gasteiger charge is 2.09. The van der Waals surface area contributed by atoms with Crippen LogP contribution in [0.2, 0.25) is 0 Å². The summed E-state index contributed by atoms with van der Waals surface area (Å²) in [6.45, 7) is 2.07. The number of fused-ring (bicyclic) bond motifs is 1. The molecule has 4 nitrogen and oxygen atoms in total. The van der Waals surface area contributed by atoms with Crippen LogP contribution in [0, 0.1) is 6.92 Å². The van der Waals surface area contributed by atoms with E-state index < -0.39 is 0 Å². The molecule has 0 aliphatic rings. The van der Waals surface area contributed by atoms with Crippen molar-refractivity contribution in [2.24, 2.45) is 7.05 Å². The molecule has 2 heterocycles. The monoisotopic (exact) mass is 238 g/mol. The molecule has 0 spiro atoms. The van der Waals surface area contributed by atoms with Gasteiger partial charge in [-0.05, 0) is 36.8 Å². The van der Waals surface area contributed by atoms with Gasteiger partial charge in [0, 0.05) is 18.8 Å². The van der Waals surface area contributed by atoms with Crippen molar-refractivity contribution < 1.29 is 0 Å². The molecule has 0 saturated carbocycles. The summed E-state index contributed by atoms with van der Waals surface area (Å²) in [6.07, 6.45) is 1.75. The Morgan fingerprint density at radius 3 is 2.72 bits per heavy atom. The largest absolute Gasteiger partial charge is 0.384 e. The molecule has 0 saturated heterocycles. The zero-order valence-electron chi connectivity index (χ0n) is 10.4. The van der Waals surface area contributed by atoms with Crippen LogP contribution in [0.15, 0.2) is 36.5 Å². The van der Waals surface area contributed by atoms with Gasteiger partial charge >= 0.3 is 0 Å². The quantitative estimate of drug-likeness (QED) is 0.708. The van der Waals surface area contributed by atoms with E-state index in [2.05, 4.69) is 39.7 Å². The molecule has 1 aromatic carbocycles. The summed E-state index contributed by atoms with van der Waals surface area (Å²) >= 11 is 0. The molecule has 0 unspecified atom stereocenters. The summed E-state index contributed by atoms with van der Waals surface area (Å²) in [5.41, 5.74) is 9.90. The number of aromatic nitrogens is 3. The van der Waals surface area contributed by atoms with Crippen molar-refractivity contribution in [3.05, 3.63) is 42.1 Å². The first-order chi connectivity index (χ1) is 8.65. The number of nitrogen functional groups attached to an aromatic ring is 1. The van der Waals surface area contributed by atoms with Gasteiger partial charge in [0.15, 0.2) is 0 Å². The normalized spacial score (nSPS) is 11.0. The predicted octanol–water partition coefficient (Wildman–Crippen LogP) is 2.53. The first kappa shape index (κ1) is 10.8. The van der Waals surface area contributed by atoms with Crippen LogP contribution in [0.25, 0.3) is 22.4 Å². The van der Waals surface area contributed by atoms with Gasteiger partial charge in [-0.1, -0.05) is 6.07 Å². The Bertz CT molecular complexity index is 710. The summed E-state index contributed by atoms with van der Waals surface area (Å²) in [4.78, 5) is 8.76. The van der Waals surface area contributed by atoms with Gasteiger partial charge in [0.05, 0.1) is 11.0 Å². The van der Waals surface area contributed by atoms with Gasteiger partial charge in [-0.25, -0.2) is 9.97 Å². The average molecular weight is 238 g/mol. The summed E-state index contributed by atoms with van der Waals surface area (Å²) in [5, 5.41) is 0. The van der Waals surface area contributed by atoms with E-state index in [-0.39, 0.29) is 0 Å². The first-order valence-corrected chi connectivity index (χ1v) is 5.80. The maximum Gasteiger partial charge on any atom is 0.142 e. The second kappa shape index (κ2) is 3.84. The number of pyridine rings is 1. The molecular weight excluding hydrogens is 224 g/mol. The summed E-state index contributed by atoms with van der Waals surface area (Å²) < 4.78 is 2.07. The number of rotatable bonds is 1. The van der Waals surface area contributed by atoms with Crippen LogP contribution in [0.1, 0.15) is 5.56 Å². The summed E-state index contributed by atoms with van der Waals surface area (Å²) in [5.74, 6) is 1.43. The van der Waals surface area contributed by atoms with Gasteiger partial charge in [0.2, 0.25) is 0 Å². The van der Waals surface area contributed by atoms with Crippen LogP contribution in [0.3, 0.4) is 0 Å². The molecule has 0 bridgehead atoms. The van der Waals surface area contributed by atoms with Gasteiger partial charge in [-0.15, -0.1) is 0 Å².